The normalized spacial score (nSPS) is 19.9. The molecule has 1 saturated carbocycles. The van der Waals surface area contributed by atoms with Gasteiger partial charge < -0.3 is 20.3 Å². The summed E-state index contributed by atoms with van der Waals surface area (Å²) in [4.78, 5) is 17.8. The van der Waals surface area contributed by atoms with E-state index >= 15 is 0 Å². The number of halogens is 2. The minimum absolute atomic E-state index is 0.0471. The maximum absolute atomic E-state index is 13.7. The number of nitrogens with two attached hydrogens (primary N) is 1. The Hall–Kier alpha value is -2.31. The van der Waals surface area contributed by atoms with Gasteiger partial charge in [0.15, 0.2) is 0 Å². The van der Waals surface area contributed by atoms with Gasteiger partial charge in [0, 0.05) is 44.4 Å². The van der Waals surface area contributed by atoms with Crippen molar-refractivity contribution in [3.63, 3.8) is 0 Å². The van der Waals surface area contributed by atoms with E-state index < -0.39 is 22.0 Å². The van der Waals surface area contributed by atoms with Crippen molar-refractivity contribution in [2.45, 2.75) is 75.3 Å². The highest BCUT2D eigenvalue weighted by Crippen LogP contribution is 2.38. The second-order valence-corrected chi connectivity index (χ2v) is 12.9. The molecule has 2 aromatic rings. The molecule has 2 amide bonds. The number of aromatic nitrogens is 2. The summed E-state index contributed by atoms with van der Waals surface area (Å²) in [5.41, 5.74) is 6.34. The van der Waals surface area contributed by atoms with Gasteiger partial charge in [-0.25, -0.2) is 27.0 Å². The van der Waals surface area contributed by atoms with Gasteiger partial charge >= 0.3 is 6.03 Å². The molecule has 1 saturated heterocycles. The van der Waals surface area contributed by atoms with Crippen LogP contribution < -0.4 is 5.73 Å². The van der Waals surface area contributed by atoms with Crippen molar-refractivity contribution in [1.29, 1.82) is 0 Å². The molecule has 36 heavy (non-hydrogen) atoms. The number of fused-ring (bicyclic) bond motifs is 1. The summed E-state index contributed by atoms with van der Waals surface area (Å²) in [6, 6.07) is 3.75. The van der Waals surface area contributed by atoms with Crippen molar-refractivity contribution in [2.24, 2.45) is 11.7 Å². The van der Waals surface area contributed by atoms with Gasteiger partial charge in [0.25, 0.3) is 0 Å². The standard InChI is InChI=1S/C24H35F2N5O4S/c1-23(2,3)21-28-19-12-18(36(34,35)29-14-17(15-29)30(10-11-32)22(27)33)4-5-20(19)31(21)13-16-6-8-24(25,26)9-7-16/h4-5,12,16-17,32H,6-11,13-15H2,1-3H3,(H2,27,33). The molecular formula is C24H35F2N5O4S. The van der Waals surface area contributed by atoms with Crippen LogP contribution in [0.4, 0.5) is 13.6 Å². The van der Waals surface area contributed by atoms with Crippen LogP contribution in [0.15, 0.2) is 23.1 Å². The number of benzene rings is 1. The number of hydrogen-bond donors (Lipinski definition) is 2. The fourth-order valence-electron chi connectivity index (χ4n) is 5.11. The molecule has 4 rings (SSSR count). The van der Waals surface area contributed by atoms with Crippen molar-refractivity contribution in [2.75, 3.05) is 26.2 Å². The molecule has 3 N–H and O–H groups in total. The Morgan fingerprint density at radius 1 is 1.25 bits per heavy atom. The highest BCUT2D eigenvalue weighted by atomic mass is 32.2. The number of carbonyl (C=O) groups is 1. The van der Waals surface area contributed by atoms with Crippen LogP contribution in [-0.2, 0) is 22.0 Å². The second-order valence-electron chi connectivity index (χ2n) is 11.0. The second kappa shape index (κ2) is 9.53. The minimum atomic E-state index is -3.82. The fourth-order valence-corrected chi connectivity index (χ4v) is 6.64. The number of primary amides is 1. The van der Waals surface area contributed by atoms with Crippen LogP contribution in [0.5, 0.6) is 0 Å². The lowest BCUT2D eigenvalue weighted by atomic mass is 9.86. The molecule has 0 unspecified atom stereocenters. The van der Waals surface area contributed by atoms with E-state index in [9.17, 15) is 22.0 Å². The number of amides is 2. The van der Waals surface area contributed by atoms with Crippen LogP contribution in [0.25, 0.3) is 11.0 Å². The first kappa shape index (κ1) is 26.7. The van der Waals surface area contributed by atoms with Crippen molar-refractivity contribution in [3.8, 4) is 0 Å². The zero-order chi connectivity index (χ0) is 26.5. The highest BCUT2D eigenvalue weighted by molar-refractivity contribution is 7.89. The maximum Gasteiger partial charge on any atom is 0.315 e. The molecule has 0 atom stereocenters. The van der Waals surface area contributed by atoms with Gasteiger partial charge in [-0.15, -0.1) is 0 Å². The third-order valence-corrected chi connectivity index (χ3v) is 9.03. The van der Waals surface area contributed by atoms with Crippen LogP contribution in [0, 0.1) is 5.92 Å². The molecule has 1 aliphatic heterocycles. The molecule has 0 radical (unpaired) electrons. The van der Waals surface area contributed by atoms with E-state index in [1.165, 1.54) is 9.21 Å². The van der Waals surface area contributed by atoms with Crippen molar-refractivity contribution in [3.05, 3.63) is 24.0 Å². The van der Waals surface area contributed by atoms with Gasteiger partial charge in [-0.2, -0.15) is 4.31 Å². The fraction of sp³-hybridized carbons (Fsp3) is 0.667. The molecule has 1 aromatic heterocycles. The van der Waals surface area contributed by atoms with E-state index in [1.807, 2.05) is 20.8 Å². The van der Waals surface area contributed by atoms with Gasteiger partial charge in [-0.3, -0.25) is 0 Å². The van der Waals surface area contributed by atoms with Crippen molar-refractivity contribution in [1.82, 2.24) is 18.8 Å². The minimum Gasteiger partial charge on any atom is -0.395 e. The Bertz CT molecular complexity index is 1230. The van der Waals surface area contributed by atoms with Crippen LogP contribution in [-0.4, -0.2) is 76.5 Å². The van der Waals surface area contributed by atoms with Crippen LogP contribution in [0.1, 0.15) is 52.3 Å². The largest absolute Gasteiger partial charge is 0.395 e. The van der Waals surface area contributed by atoms with E-state index in [-0.39, 0.29) is 61.4 Å². The average molecular weight is 528 g/mol. The van der Waals surface area contributed by atoms with E-state index in [2.05, 4.69) is 4.57 Å². The zero-order valence-electron chi connectivity index (χ0n) is 21.0. The van der Waals surface area contributed by atoms with Gasteiger partial charge in [0.2, 0.25) is 15.9 Å². The van der Waals surface area contributed by atoms with E-state index in [0.717, 1.165) is 11.3 Å². The molecule has 2 aliphatic rings. The number of urea groups is 1. The number of aliphatic hydroxyl groups is 1. The molecule has 9 nitrogen and oxygen atoms in total. The molecule has 1 aromatic carbocycles. The van der Waals surface area contributed by atoms with Crippen LogP contribution in [0.3, 0.4) is 0 Å². The molecule has 200 valence electrons. The lowest BCUT2D eigenvalue weighted by molar-refractivity contribution is -0.0473. The quantitative estimate of drug-likeness (QED) is 0.574. The van der Waals surface area contributed by atoms with Gasteiger partial charge in [-0.1, -0.05) is 20.8 Å². The summed E-state index contributed by atoms with van der Waals surface area (Å²) < 4.78 is 57.2. The first-order valence-corrected chi connectivity index (χ1v) is 13.7. The van der Waals surface area contributed by atoms with Crippen molar-refractivity contribution >= 4 is 27.1 Å². The summed E-state index contributed by atoms with van der Waals surface area (Å²) in [5.74, 6) is -1.70. The molecule has 2 fully saturated rings. The molecule has 0 bridgehead atoms. The molecule has 12 heteroatoms. The summed E-state index contributed by atoms with van der Waals surface area (Å²) in [5, 5.41) is 9.14. The highest BCUT2D eigenvalue weighted by Gasteiger charge is 2.41. The molecule has 1 aliphatic carbocycles. The first-order valence-electron chi connectivity index (χ1n) is 12.3. The Balaban J connectivity index is 1.59. The van der Waals surface area contributed by atoms with Gasteiger partial charge in [0.1, 0.15) is 5.82 Å². The van der Waals surface area contributed by atoms with Gasteiger partial charge in [-0.05, 0) is 37.0 Å². The lowest BCUT2D eigenvalue weighted by Gasteiger charge is -2.43. The van der Waals surface area contributed by atoms with Crippen molar-refractivity contribution < 1.29 is 27.1 Å². The number of carbonyl (C=O) groups excluding carboxylic acids is 1. The van der Waals surface area contributed by atoms with E-state index in [1.54, 1.807) is 18.2 Å². The summed E-state index contributed by atoms with van der Waals surface area (Å²) >= 11 is 0. The molecule has 0 spiro atoms. The summed E-state index contributed by atoms with van der Waals surface area (Å²) in [6.45, 7) is 6.61. The number of sulfonamides is 1. The Morgan fingerprint density at radius 3 is 2.44 bits per heavy atom. The predicted octanol–water partition coefficient (Wildman–Crippen LogP) is 2.91. The number of aliphatic hydroxyl groups excluding tert-OH is 1. The van der Waals surface area contributed by atoms with E-state index in [0.29, 0.717) is 24.9 Å². The van der Waals surface area contributed by atoms with Gasteiger partial charge in [0.05, 0.1) is 28.6 Å². The van der Waals surface area contributed by atoms with E-state index in [4.69, 9.17) is 15.8 Å². The first-order chi connectivity index (χ1) is 16.7. The average Bonchev–Trinajstić information content (AvgIpc) is 3.11. The lowest BCUT2D eigenvalue weighted by Crippen LogP contribution is -2.63. The third-order valence-electron chi connectivity index (χ3n) is 7.20. The van der Waals surface area contributed by atoms with Crippen LogP contribution in [0.2, 0.25) is 0 Å². The topological polar surface area (TPSA) is 122 Å². The number of alkyl halides is 2. The monoisotopic (exact) mass is 527 g/mol. The molecular weight excluding hydrogens is 492 g/mol. The molecule has 2 heterocycles. The third kappa shape index (κ3) is 5.21. The zero-order valence-corrected chi connectivity index (χ0v) is 21.8. The number of nitrogens with zero attached hydrogens (tertiary/aromatic N) is 4. The summed E-state index contributed by atoms with van der Waals surface area (Å²) in [7, 11) is -3.82. The Labute approximate surface area is 210 Å². The Kier molecular flexibility index (Phi) is 7.08. The SMILES string of the molecule is CC(C)(C)c1nc2cc(S(=O)(=O)N3CC(N(CCO)C(N)=O)C3)ccc2n1CC1CCC(F)(F)CC1. The predicted molar refractivity (Wildman–Crippen MR) is 131 cm³/mol. The Morgan fingerprint density at radius 2 is 1.89 bits per heavy atom. The number of rotatable bonds is 7. The maximum atomic E-state index is 13.7. The smallest absolute Gasteiger partial charge is 0.315 e. The number of hydrogen-bond acceptors (Lipinski definition) is 5. The summed E-state index contributed by atoms with van der Waals surface area (Å²) in [6.07, 6.45) is 0.661. The van der Waals surface area contributed by atoms with Crippen LogP contribution >= 0.6 is 0 Å². The number of imidazole rings is 1.